The number of hydrogen-bond acceptors (Lipinski definition) is 4. The molecule has 1 aromatic heterocycles. The summed E-state index contributed by atoms with van der Waals surface area (Å²) in [4.78, 5) is 14.3. The highest BCUT2D eigenvalue weighted by Gasteiger charge is 2.26. The van der Waals surface area contributed by atoms with E-state index in [0.29, 0.717) is 29.8 Å². The van der Waals surface area contributed by atoms with Crippen LogP contribution in [0.25, 0.3) is 0 Å². The van der Waals surface area contributed by atoms with E-state index in [0.717, 1.165) is 29.7 Å². The normalized spacial score (nSPS) is 19.2. The van der Waals surface area contributed by atoms with Crippen LogP contribution < -0.4 is 4.72 Å². The lowest BCUT2D eigenvalue weighted by Crippen LogP contribution is -2.33. The lowest BCUT2D eigenvalue weighted by atomic mass is 9.86. The summed E-state index contributed by atoms with van der Waals surface area (Å²) in [5.41, 5.74) is 0.977. The molecule has 1 fully saturated rings. The van der Waals surface area contributed by atoms with E-state index in [1.807, 2.05) is 0 Å². The van der Waals surface area contributed by atoms with Gasteiger partial charge in [0.05, 0.1) is 0 Å². The Labute approximate surface area is 129 Å². The second-order valence-electron chi connectivity index (χ2n) is 5.85. The van der Waals surface area contributed by atoms with Crippen molar-refractivity contribution in [2.75, 3.05) is 13.1 Å². The lowest BCUT2D eigenvalue weighted by molar-refractivity contribution is -0.129. The van der Waals surface area contributed by atoms with Crippen molar-refractivity contribution in [1.29, 1.82) is 0 Å². The number of hydrogen-bond donors (Lipinski definition) is 1. The monoisotopic (exact) mass is 328 g/mol. The van der Waals surface area contributed by atoms with Gasteiger partial charge in [-0.05, 0) is 36.8 Å². The highest BCUT2D eigenvalue weighted by atomic mass is 32.2. The summed E-state index contributed by atoms with van der Waals surface area (Å²) in [6.45, 7) is 3.30. The quantitative estimate of drug-likeness (QED) is 0.915. The van der Waals surface area contributed by atoms with Crippen LogP contribution >= 0.6 is 11.3 Å². The number of carbonyl (C=O) groups is 1. The van der Waals surface area contributed by atoms with Crippen LogP contribution in [0.5, 0.6) is 0 Å². The minimum absolute atomic E-state index is 0.0411. The van der Waals surface area contributed by atoms with E-state index < -0.39 is 10.0 Å². The van der Waals surface area contributed by atoms with Crippen LogP contribution in [0.3, 0.4) is 0 Å². The minimum atomic E-state index is -3.40. The van der Waals surface area contributed by atoms with Crippen LogP contribution in [-0.2, 0) is 27.8 Å². The first-order valence-corrected chi connectivity index (χ1v) is 9.62. The van der Waals surface area contributed by atoms with Gasteiger partial charge in [0, 0.05) is 31.4 Å². The van der Waals surface area contributed by atoms with Crippen molar-refractivity contribution in [3.8, 4) is 0 Å². The fourth-order valence-electron chi connectivity index (χ4n) is 2.70. The van der Waals surface area contributed by atoms with E-state index in [-0.39, 0.29) is 5.91 Å². The minimum Gasteiger partial charge on any atom is -0.338 e. The molecule has 1 aliphatic carbocycles. The molecule has 5 nitrogen and oxygen atoms in total. The molecule has 1 aromatic rings. The molecular weight excluding hydrogens is 308 g/mol. The molecule has 7 heteroatoms. The number of sulfonamides is 1. The van der Waals surface area contributed by atoms with Crippen molar-refractivity contribution in [3.63, 3.8) is 0 Å². The molecule has 0 atom stereocenters. The maximum atomic E-state index is 12.3. The molecule has 0 saturated heterocycles. The molecule has 2 heterocycles. The number of rotatable bonds is 4. The molecule has 2 aliphatic rings. The van der Waals surface area contributed by atoms with Gasteiger partial charge in [0.1, 0.15) is 4.21 Å². The molecule has 0 spiro atoms. The SMILES string of the molecule is CC(=O)N1CCc2sc(S(=O)(=O)NCC3CCC3)cc2C1. The Morgan fingerprint density at radius 2 is 2.24 bits per heavy atom. The van der Waals surface area contributed by atoms with Crippen molar-refractivity contribution < 1.29 is 13.2 Å². The zero-order valence-corrected chi connectivity index (χ0v) is 13.7. The van der Waals surface area contributed by atoms with Crippen LogP contribution in [0.4, 0.5) is 0 Å². The van der Waals surface area contributed by atoms with E-state index in [4.69, 9.17) is 0 Å². The summed E-state index contributed by atoms with van der Waals surface area (Å²) in [5.74, 6) is 0.543. The van der Waals surface area contributed by atoms with E-state index in [9.17, 15) is 13.2 Å². The molecule has 3 rings (SSSR count). The number of nitrogens with zero attached hydrogens (tertiary/aromatic N) is 1. The van der Waals surface area contributed by atoms with Gasteiger partial charge in [-0.15, -0.1) is 11.3 Å². The van der Waals surface area contributed by atoms with E-state index >= 15 is 0 Å². The average molecular weight is 328 g/mol. The largest absolute Gasteiger partial charge is 0.338 e. The van der Waals surface area contributed by atoms with E-state index in [1.54, 1.807) is 17.9 Å². The predicted octanol–water partition coefficient (Wildman–Crippen LogP) is 1.73. The van der Waals surface area contributed by atoms with Crippen LogP contribution in [0, 0.1) is 5.92 Å². The number of nitrogens with one attached hydrogen (secondary N) is 1. The topological polar surface area (TPSA) is 66.5 Å². The van der Waals surface area contributed by atoms with Gasteiger partial charge in [-0.3, -0.25) is 4.79 Å². The zero-order valence-electron chi connectivity index (χ0n) is 12.1. The Hall–Kier alpha value is -0.920. The second-order valence-corrected chi connectivity index (χ2v) is 8.98. The van der Waals surface area contributed by atoms with Crippen molar-refractivity contribution in [2.45, 2.75) is 43.4 Å². The number of carbonyl (C=O) groups excluding carboxylic acids is 1. The van der Waals surface area contributed by atoms with Gasteiger partial charge in [-0.1, -0.05) is 6.42 Å². The van der Waals surface area contributed by atoms with Gasteiger partial charge >= 0.3 is 0 Å². The maximum Gasteiger partial charge on any atom is 0.250 e. The average Bonchev–Trinajstić information content (AvgIpc) is 2.80. The summed E-state index contributed by atoms with van der Waals surface area (Å²) in [5, 5.41) is 0. The Morgan fingerprint density at radius 1 is 1.48 bits per heavy atom. The first-order valence-electron chi connectivity index (χ1n) is 7.32. The van der Waals surface area contributed by atoms with Crippen molar-refractivity contribution in [1.82, 2.24) is 9.62 Å². The van der Waals surface area contributed by atoms with Gasteiger partial charge in [-0.2, -0.15) is 0 Å². The molecular formula is C14H20N2O3S2. The summed E-state index contributed by atoms with van der Waals surface area (Å²) >= 11 is 1.34. The lowest BCUT2D eigenvalue weighted by Gasteiger charge is -2.25. The van der Waals surface area contributed by atoms with Gasteiger partial charge < -0.3 is 4.90 Å². The molecule has 0 radical (unpaired) electrons. The fourth-order valence-corrected chi connectivity index (χ4v) is 5.41. The smallest absolute Gasteiger partial charge is 0.250 e. The molecule has 0 aromatic carbocycles. The standard InChI is InChI=1S/C14H20N2O3S2/c1-10(17)16-6-5-13-12(9-16)7-14(20-13)21(18,19)15-8-11-3-2-4-11/h7,11,15H,2-6,8-9H2,1H3. The Kier molecular flexibility index (Phi) is 4.07. The van der Waals surface area contributed by atoms with Gasteiger partial charge in [0.15, 0.2) is 0 Å². The summed E-state index contributed by atoms with van der Waals surface area (Å²) in [6, 6.07) is 1.73. The third kappa shape index (κ3) is 3.14. The van der Waals surface area contributed by atoms with Crippen LogP contribution in [-0.4, -0.2) is 32.3 Å². The molecule has 116 valence electrons. The maximum absolute atomic E-state index is 12.3. The van der Waals surface area contributed by atoms with Crippen molar-refractivity contribution >= 4 is 27.3 Å². The highest BCUT2D eigenvalue weighted by molar-refractivity contribution is 7.91. The highest BCUT2D eigenvalue weighted by Crippen LogP contribution is 2.31. The number of thiophene rings is 1. The van der Waals surface area contributed by atoms with Gasteiger partial charge in [-0.25, -0.2) is 13.1 Å². The number of amides is 1. The van der Waals surface area contributed by atoms with Crippen LogP contribution in [0.2, 0.25) is 0 Å². The molecule has 1 N–H and O–H groups in total. The zero-order chi connectivity index (χ0) is 15.0. The molecule has 1 amide bonds. The third-order valence-electron chi connectivity index (χ3n) is 4.34. The Bertz CT molecular complexity index is 647. The van der Waals surface area contributed by atoms with E-state index in [1.165, 1.54) is 17.8 Å². The van der Waals surface area contributed by atoms with Crippen LogP contribution in [0.1, 0.15) is 36.6 Å². The van der Waals surface area contributed by atoms with Crippen molar-refractivity contribution in [3.05, 3.63) is 16.5 Å². The van der Waals surface area contributed by atoms with Crippen molar-refractivity contribution in [2.24, 2.45) is 5.92 Å². The number of fused-ring (bicyclic) bond motifs is 1. The second kappa shape index (κ2) is 5.70. The summed E-state index contributed by atoms with van der Waals surface area (Å²) in [6.07, 6.45) is 4.20. The molecule has 21 heavy (non-hydrogen) atoms. The first kappa shape index (κ1) is 15.0. The van der Waals surface area contributed by atoms with Gasteiger partial charge in [0.2, 0.25) is 15.9 Å². The molecule has 0 unspecified atom stereocenters. The third-order valence-corrected chi connectivity index (χ3v) is 7.48. The van der Waals surface area contributed by atoms with Crippen LogP contribution in [0.15, 0.2) is 10.3 Å². The van der Waals surface area contributed by atoms with E-state index in [2.05, 4.69) is 4.72 Å². The van der Waals surface area contributed by atoms with Gasteiger partial charge in [0.25, 0.3) is 0 Å². The fraction of sp³-hybridized carbons (Fsp3) is 0.643. The molecule has 0 bridgehead atoms. The summed E-state index contributed by atoms with van der Waals surface area (Å²) in [7, 11) is -3.40. The molecule has 1 saturated carbocycles. The summed E-state index contributed by atoms with van der Waals surface area (Å²) < 4.78 is 27.8. The first-order chi connectivity index (χ1) is 9.95. The Balaban J connectivity index is 1.73. The molecule has 1 aliphatic heterocycles. The Morgan fingerprint density at radius 3 is 2.86 bits per heavy atom. The predicted molar refractivity (Wildman–Crippen MR) is 81.6 cm³/mol.